The maximum Gasteiger partial charge on any atom is 0.251 e. The van der Waals surface area contributed by atoms with E-state index in [4.69, 9.17) is 11.6 Å². The van der Waals surface area contributed by atoms with Gasteiger partial charge in [0.15, 0.2) is 0 Å². The lowest BCUT2D eigenvalue weighted by Gasteiger charge is -2.57. The second-order valence-electron chi connectivity index (χ2n) is 8.65. The number of halogens is 1. The van der Waals surface area contributed by atoms with Crippen molar-refractivity contribution in [1.29, 1.82) is 0 Å². The number of carbonyl (C=O) groups excluding carboxylic acids is 2. The largest absolute Gasteiger partial charge is 0.300 e. The molecule has 1 aromatic rings. The molecular weight excluding hydrogens is 336 g/mol. The van der Waals surface area contributed by atoms with Crippen molar-refractivity contribution in [2.45, 2.75) is 56.5 Å². The van der Waals surface area contributed by atoms with Gasteiger partial charge < -0.3 is 0 Å². The van der Waals surface area contributed by atoms with Crippen LogP contribution in [-0.4, -0.2) is 23.4 Å². The number of carbonyl (C=O) groups is 2. The number of amides is 2. The predicted molar refractivity (Wildman–Crippen MR) is 96.4 cm³/mol. The van der Waals surface area contributed by atoms with Crippen LogP contribution in [0.2, 0.25) is 5.02 Å². The molecule has 2 amide bonds. The first-order chi connectivity index (χ1) is 12.0. The zero-order valence-corrected chi connectivity index (χ0v) is 15.0. The van der Waals surface area contributed by atoms with Crippen molar-refractivity contribution in [3.8, 4) is 0 Å². The summed E-state index contributed by atoms with van der Waals surface area (Å²) in [6.07, 6.45) is 7.89. The Hall–Kier alpha value is -1.39. The van der Waals surface area contributed by atoms with E-state index in [1.807, 2.05) is 0 Å². The molecule has 4 bridgehead atoms. The minimum absolute atomic E-state index is 0.0830. The van der Waals surface area contributed by atoms with E-state index >= 15 is 0 Å². The van der Waals surface area contributed by atoms with Gasteiger partial charge in [0.25, 0.3) is 5.91 Å². The van der Waals surface area contributed by atoms with Crippen molar-refractivity contribution in [1.82, 2.24) is 5.32 Å². The summed E-state index contributed by atoms with van der Waals surface area (Å²) in [6, 6.07) is 6.60. The third-order valence-electron chi connectivity index (χ3n) is 6.73. The minimum atomic E-state index is -0.386. The van der Waals surface area contributed by atoms with Crippen molar-refractivity contribution in [3.63, 3.8) is 0 Å². The zero-order valence-electron chi connectivity index (χ0n) is 14.2. The molecule has 4 aliphatic carbocycles. The van der Waals surface area contributed by atoms with Crippen LogP contribution in [0.25, 0.3) is 0 Å². The zero-order chi connectivity index (χ0) is 17.2. The molecule has 0 spiro atoms. The molecule has 0 unspecified atom stereocenters. The Kier molecular flexibility index (Phi) is 3.52. The first kappa shape index (κ1) is 15.8. The molecule has 1 aromatic carbocycles. The average Bonchev–Trinajstić information content (AvgIpc) is 2.79. The number of hydrogen-bond donors (Lipinski definition) is 1. The summed E-state index contributed by atoms with van der Waals surface area (Å²) in [6.45, 7) is 0. The van der Waals surface area contributed by atoms with Crippen LogP contribution in [-0.2, 0) is 9.59 Å². The monoisotopic (exact) mass is 358 g/mol. The van der Waals surface area contributed by atoms with Crippen LogP contribution >= 0.6 is 11.6 Å². The quantitative estimate of drug-likeness (QED) is 0.841. The number of hydrogen-bond acceptors (Lipinski definition) is 3. The molecule has 5 aliphatic rings. The van der Waals surface area contributed by atoms with Gasteiger partial charge in [0.2, 0.25) is 5.91 Å². The number of anilines is 1. The van der Waals surface area contributed by atoms with Gasteiger partial charge in [0.05, 0.1) is 18.2 Å². The molecule has 1 N–H and O–H groups in total. The first-order valence-corrected chi connectivity index (χ1v) is 9.79. The Morgan fingerprint density at radius 2 is 1.68 bits per heavy atom. The average molecular weight is 359 g/mol. The lowest BCUT2D eigenvalue weighted by atomic mass is 9.53. The Morgan fingerprint density at radius 3 is 2.28 bits per heavy atom. The lowest BCUT2D eigenvalue weighted by molar-refractivity contribution is -0.122. The topological polar surface area (TPSA) is 49.4 Å². The van der Waals surface area contributed by atoms with E-state index in [-0.39, 0.29) is 29.8 Å². The van der Waals surface area contributed by atoms with Crippen LogP contribution in [0.1, 0.15) is 44.9 Å². The van der Waals surface area contributed by atoms with E-state index < -0.39 is 0 Å². The molecule has 25 heavy (non-hydrogen) atoms. The van der Waals surface area contributed by atoms with Crippen LogP contribution < -0.4 is 10.2 Å². The van der Waals surface area contributed by atoms with Gasteiger partial charge in [-0.1, -0.05) is 17.7 Å². The van der Waals surface area contributed by atoms with Gasteiger partial charge >= 0.3 is 0 Å². The highest BCUT2D eigenvalue weighted by Crippen LogP contribution is 2.55. The molecule has 4 saturated carbocycles. The molecule has 1 saturated heterocycles. The number of benzene rings is 1. The fraction of sp³-hybridized carbons (Fsp3) is 0.600. The van der Waals surface area contributed by atoms with E-state index in [2.05, 4.69) is 5.32 Å². The van der Waals surface area contributed by atoms with Crippen molar-refractivity contribution in [3.05, 3.63) is 29.3 Å². The molecule has 6 rings (SSSR count). The number of nitrogens with one attached hydrogen (secondary N) is 1. The van der Waals surface area contributed by atoms with Crippen molar-refractivity contribution in [2.75, 3.05) is 4.90 Å². The molecular formula is C20H23ClN2O2. The second-order valence-corrected chi connectivity index (χ2v) is 9.08. The summed E-state index contributed by atoms with van der Waals surface area (Å²) < 4.78 is 0. The van der Waals surface area contributed by atoms with E-state index in [9.17, 15) is 9.59 Å². The van der Waals surface area contributed by atoms with Gasteiger partial charge in [-0.3, -0.25) is 14.9 Å². The Balaban J connectivity index is 1.37. The predicted octanol–water partition coefficient (Wildman–Crippen LogP) is 3.53. The standard InChI is InChI=1S/C20H23ClN2O2/c21-15-2-1-3-16(7-15)23-18(24)8-17(19(23)25)22-20-9-12-4-13(10-20)6-14(5-12)11-20/h1-3,7,12-14,17,22H,4-6,8-11H2/t12?,13?,14?,17-,20?/m0/s1. The summed E-state index contributed by atoms with van der Waals surface area (Å²) in [4.78, 5) is 26.8. The number of rotatable bonds is 3. The molecule has 1 heterocycles. The molecule has 5 fully saturated rings. The van der Waals surface area contributed by atoms with Crippen molar-refractivity contribution >= 4 is 29.1 Å². The molecule has 1 atom stereocenters. The second kappa shape index (κ2) is 5.55. The summed E-state index contributed by atoms with van der Waals surface area (Å²) in [7, 11) is 0. The van der Waals surface area contributed by atoms with Gasteiger partial charge in [-0.15, -0.1) is 0 Å². The van der Waals surface area contributed by atoms with E-state index in [0.717, 1.165) is 17.8 Å². The van der Waals surface area contributed by atoms with Gasteiger partial charge in [-0.05, 0) is 74.5 Å². The molecule has 5 heteroatoms. The van der Waals surface area contributed by atoms with Gasteiger partial charge in [0.1, 0.15) is 0 Å². The highest BCUT2D eigenvalue weighted by molar-refractivity contribution is 6.31. The van der Waals surface area contributed by atoms with Crippen LogP contribution in [0, 0.1) is 17.8 Å². The van der Waals surface area contributed by atoms with Gasteiger partial charge in [-0.25, -0.2) is 4.90 Å². The van der Waals surface area contributed by atoms with E-state index in [1.165, 1.54) is 43.4 Å². The Bertz CT molecular complexity index is 712. The minimum Gasteiger partial charge on any atom is -0.300 e. The summed E-state index contributed by atoms with van der Waals surface area (Å²) in [5.74, 6) is 2.19. The van der Waals surface area contributed by atoms with Gasteiger partial charge in [0, 0.05) is 10.6 Å². The smallest absolute Gasteiger partial charge is 0.251 e. The van der Waals surface area contributed by atoms with E-state index in [0.29, 0.717) is 10.7 Å². The Morgan fingerprint density at radius 1 is 1.04 bits per heavy atom. The van der Waals surface area contributed by atoms with Crippen LogP contribution in [0.4, 0.5) is 5.69 Å². The van der Waals surface area contributed by atoms with Crippen molar-refractivity contribution < 1.29 is 9.59 Å². The highest BCUT2D eigenvalue weighted by Gasteiger charge is 2.53. The number of nitrogens with zero attached hydrogens (tertiary/aromatic N) is 1. The third kappa shape index (κ3) is 2.61. The SMILES string of the molecule is O=C1C[C@H](NC23CC4CC(CC(C4)C2)C3)C(=O)N1c1cccc(Cl)c1. The third-order valence-corrected chi connectivity index (χ3v) is 6.97. The summed E-state index contributed by atoms with van der Waals surface area (Å²) in [5.41, 5.74) is 0.664. The lowest BCUT2D eigenvalue weighted by Crippen LogP contribution is -2.61. The maximum absolute atomic E-state index is 13.0. The molecule has 1 aliphatic heterocycles. The molecule has 0 radical (unpaired) electrons. The highest BCUT2D eigenvalue weighted by atomic mass is 35.5. The maximum atomic E-state index is 13.0. The summed E-state index contributed by atoms with van der Waals surface area (Å²) in [5, 5.41) is 4.21. The van der Waals surface area contributed by atoms with Crippen LogP contribution in [0.3, 0.4) is 0 Å². The van der Waals surface area contributed by atoms with Crippen LogP contribution in [0.5, 0.6) is 0 Å². The molecule has 132 valence electrons. The van der Waals surface area contributed by atoms with Crippen LogP contribution in [0.15, 0.2) is 24.3 Å². The van der Waals surface area contributed by atoms with E-state index in [1.54, 1.807) is 24.3 Å². The number of imide groups is 1. The molecule has 0 aromatic heterocycles. The summed E-state index contributed by atoms with van der Waals surface area (Å²) >= 11 is 6.03. The fourth-order valence-corrected chi connectivity index (χ4v) is 6.47. The fourth-order valence-electron chi connectivity index (χ4n) is 6.29. The first-order valence-electron chi connectivity index (χ1n) is 9.41. The molecule has 4 nitrogen and oxygen atoms in total. The Labute approximate surface area is 152 Å². The van der Waals surface area contributed by atoms with Crippen molar-refractivity contribution in [2.24, 2.45) is 17.8 Å². The normalized spacial score (nSPS) is 39.5. The van der Waals surface area contributed by atoms with Gasteiger partial charge in [-0.2, -0.15) is 0 Å².